The Labute approximate surface area is 177 Å². The molecule has 3 amide bonds. The number of alkyl halides is 1. The molecule has 0 radical (unpaired) electrons. The third-order valence-electron chi connectivity index (χ3n) is 5.52. The van der Waals surface area contributed by atoms with E-state index in [4.69, 9.17) is 0 Å². The number of nitrogens with zero attached hydrogens (tertiary/aromatic N) is 4. The number of carbonyl (C=O) groups is 2. The number of amides is 3. The number of halogens is 1. The average molecular weight is 436 g/mol. The Bertz CT molecular complexity index is 1030. The molecular formula is C20H26FN5O3S. The molecule has 162 valence electrons. The molecule has 2 atom stereocenters. The molecule has 1 saturated carbocycles. The van der Waals surface area contributed by atoms with Crippen molar-refractivity contribution in [1.29, 1.82) is 0 Å². The van der Waals surface area contributed by atoms with Crippen LogP contribution in [0.15, 0.2) is 18.5 Å². The van der Waals surface area contributed by atoms with Crippen LogP contribution in [0, 0.1) is 0 Å². The molecule has 1 N–H and O–H groups in total. The highest BCUT2D eigenvalue weighted by Crippen LogP contribution is 2.50. The molecule has 2 fully saturated rings. The summed E-state index contributed by atoms with van der Waals surface area (Å²) in [5.74, 6) is -0.327. The lowest BCUT2D eigenvalue weighted by molar-refractivity contribution is -0.123. The standard InChI is InChI=1S/C20H26FN5O3S/c1-12(23-30(29)19(2,3)4)14-10-25-9-13(20(21)6-7-20)8-15(17(25)22-14)26-11-16(27)24(5)18(26)28/h8-10,12,23H,6-7,11H2,1-5H3/t12-,30?/m1/s1. The molecule has 1 unspecified atom stereocenters. The van der Waals surface area contributed by atoms with Gasteiger partial charge in [0.05, 0.1) is 17.4 Å². The maximum absolute atomic E-state index is 14.9. The van der Waals surface area contributed by atoms with Gasteiger partial charge in [-0.2, -0.15) is 0 Å². The lowest BCUT2D eigenvalue weighted by Crippen LogP contribution is -2.40. The predicted molar refractivity (Wildman–Crippen MR) is 112 cm³/mol. The summed E-state index contributed by atoms with van der Waals surface area (Å²) in [6, 6.07) is 0.821. The van der Waals surface area contributed by atoms with E-state index >= 15 is 0 Å². The van der Waals surface area contributed by atoms with E-state index in [1.807, 2.05) is 27.7 Å². The zero-order chi connectivity index (χ0) is 22.0. The molecule has 1 saturated heterocycles. The number of imide groups is 1. The van der Waals surface area contributed by atoms with Crippen LogP contribution >= 0.6 is 0 Å². The average Bonchev–Trinajstić information content (AvgIpc) is 3.18. The second-order valence-electron chi connectivity index (χ2n) is 9.02. The van der Waals surface area contributed by atoms with Crippen LogP contribution in [0.25, 0.3) is 5.65 Å². The summed E-state index contributed by atoms with van der Waals surface area (Å²) in [7, 11) is 1.42. The number of fused-ring (bicyclic) bond motifs is 1. The van der Waals surface area contributed by atoms with Crippen LogP contribution in [-0.4, -0.2) is 49.1 Å². The zero-order valence-corrected chi connectivity index (χ0v) is 18.5. The molecule has 1 aliphatic heterocycles. The van der Waals surface area contributed by atoms with Crippen molar-refractivity contribution in [3.8, 4) is 0 Å². The lowest BCUT2D eigenvalue weighted by atomic mass is 10.1. The van der Waals surface area contributed by atoms with E-state index in [2.05, 4.69) is 9.71 Å². The molecule has 3 heterocycles. The topological polar surface area (TPSA) is 93.0 Å². The van der Waals surface area contributed by atoms with Gasteiger partial charge in [0.1, 0.15) is 17.0 Å². The van der Waals surface area contributed by atoms with Crippen LogP contribution < -0.4 is 9.62 Å². The monoisotopic (exact) mass is 435 g/mol. The first kappa shape index (κ1) is 21.1. The van der Waals surface area contributed by atoms with Crippen molar-refractivity contribution in [2.24, 2.45) is 0 Å². The first-order chi connectivity index (χ1) is 13.9. The second kappa shape index (κ2) is 6.93. The second-order valence-corrected chi connectivity index (χ2v) is 11.0. The minimum Gasteiger partial charge on any atom is -0.598 e. The molecule has 4 rings (SSSR count). The third kappa shape index (κ3) is 3.57. The van der Waals surface area contributed by atoms with E-state index in [9.17, 15) is 18.5 Å². The van der Waals surface area contributed by atoms with E-state index < -0.39 is 27.8 Å². The van der Waals surface area contributed by atoms with Gasteiger partial charge in [0.2, 0.25) is 5.91 Å². The largest absolute Gasteiger partial charge is 0.598 e. The number of pyridine rings is 1. The van der Waals surface area contributed by atoms with Crippen LogP contribution in [0.2, 0.25) is 0 Å². The van der Waals surface area contributed by atoms with Crippen molar-refractivity contribution in [2.75, 3.05) is 18.5 Å². The van der Waals surface area contributed by atoms with Crippen molar-refractivity contribution in [3.05, 3.63) is 29.7 Å². The van der Waals surface area contributed by atoms with Gasteiger partial charge in [-0.25, -0.2) is 14.2 Å². The van der Waals surface area contributed by atoms with E-state index in [0.29, 0.717) is 35.4 Å². The first-order valence-electron chi connectivity index (χ1n) is 9.89. The van der Waals surface area contributed by atoms with Crippen molar-refractivity contribution >= 4 is 34.6 Å². The summed E-state index contributed by atoms with van der Waals surface area (Å²) in [6.45, 7) is 7.36. The fraction of sp³-hybridized carbons (Fsp3) is 0.550. The van der Waals surface area contributed by atoms with E-state index in [1.54, 1.807) is 22.9 Å². The Morgan fingerprint density at radius 3 is 2.50 bits per heavy atom. The SMILES string of the molecule is C[C@@H](N[S+]([O-])C(C)(C)C)c1cn2cc(C3(F)CC3)cc(N3CC(=O)N(C)C3=O)c2n1. The molecule has 30 heavy (non-hydrogen) atoms. The number of aromatic nitrogens is 2. The molecule has 0 bridgehead atoms. The smallest absolute Gasteiger partial charge is 0.331 e. The summed E-state index contributed by atoms with van der Waals surface area (Å²) in [5.41, 5.74) is 0.506. The van der Waals surface area contributed by atoms with Crippen LogP contribution in [0.3, 0.4) is 0 Å². The minimum atomic E-state index is -1.41. The molecule has 0 spiro atoms. The van der Waals surface area contributed by atoms with Gasteiger partial charge in [-0.05, 0) is 46.6 Å². The summed E-state index contributed by atoms with van der Waals surface area (Å²) in [5, 5.41) is 0. The highest BCUT2D eigenvalue weighted by molar-refractivity contribution is 7.90. The van der Waals surface area contributed by atoms with Crippen LogP contribution in [0.5, 0.6) is 0 Å². The molecule has 2 aliphatic rings. The fourth-order valence-corrected chi connectivity index (χ4v) is 4.13. The number of nitrogens with one attached hydrogen (secondary N) is 1. The highest BCUT2D eigenvalue weighted by atomic mass is 32.2. The van der Waals surface area contributed by atoms with Crippen molar-refractivity contribution in [3.63, 3.8) is 0 Å². The highest BCUT2D eigenvalue weighted by Gasteiger charge is 2.46. The fourth-order valence-electron chi connectivity index (χ4n) is 3.33. The summed E-state index contributed by atoms with van der Waals surface area (Å²) in [6.07, 6.45) is 4.28. The predicted octanol–water partition coefficient (Wildman–Crippen LogP) is 2.80. The molecule has 0 aromatic carbocycles. The number of imidazole rings is 1. The van der Waals surface area contributed by atoms with Gasteiger partial charge in [-0.15, -0.1) is 4.72 Å². The number of carbonyl (C=O) groups excluding carboxylic acids is 2. The number of rotatable bonds is 5. The van der Waals surface area contributed by atoms with Gasteiger partial charge < -0.3 is 8.95 Å². The number of likely N-dealkylation sites (N-methyl/N-ethyl adjacent to an activating group) is 1. The Kier molecular flexibility index (Phi) is 4.87. The van der Waals surface area contributed by atoms with Crippen LogP contribution in [0.1, 0.15) is 57.8 Å². The Morgan fingerprint density at radius 2 is 1.97 bits per heavy atom. The number of anilines is 1. The first-order valence-corrected chi connectivity index (χ1v) is 11.0. The van der Waals surface area contributed by atoms with Gasteiger partial charge >= 0.3 is 6.03 Å². The Hall–Kier alpha value is -2.17. The van der Waals surface area contributed by atoms with Gasteiger partial charge in [0.25, 0.3) is 0 Å². The van der Waals surface area contributed by atoms with Crippen molar-refractivity contribution in [2.45, 2.75) is 57.0 Å². The Morgan fingerprint density at radius 1 is 1.30 bits per heavy atom. The zero-order valence-electron chi connectivity index (χ0n) is 17.7. The molecule has 2 aromatic rings. The third-order valence-corrected chi connectivity index (χ3v) is 7.20. The van der Waals surface area contributed by atoms with E-state index in [1.165, 1.54) is 11.9 Å². The van der Waals surface area contributed by atoms with E-state index in [-0.39, 0.29) is 18.5 Å². The molecular weight excluding hydrogens is 409 g/mol. The quantitative estimate of drug-likeness (QED) is 0.576. The van der Waals surface area contributed by atoms with Gasteiger partial charge in [-0.3, -0.25) is 14.6 Å². The Balaban J connectivity index is 1.77. The van der Waals surface area contributed by atoms with E-state index in [0.717, 1.165) is 4.90 Å². The van der Waals surface area contributed by atoms with Gasteiger partial charge in [-0.1, -0.05) is 0 Å². The number of hydrogen-bond donors (Lipinski definition) is 1. The van der Waals surface area contributed by atoms with Gasteiger partial charge in [0, 0.05) is 36.4 Å². The maximum Gasteiger partial charge on any atom is 0.331 e. The molecule has 1 aliphatic carbocycles. The normalized spacial score (nSPS) is 20.9. The lowest BCUT2D eigenvalue weighted by Gasteiger charge is -2.25. The number of urea groups is 1. The molecule has 2 aromatic heterocycles. The summed E-state index contributed by atoms with van der Waals surface area (Å²) < 4.78 is 31.6. The van der Waals surface area contributed by atoms with Crippen LogP contribution in [0.4, 0.5) is 14.9 Å². The minimum absolute atomic E-state index is 0.113. The number of hydrogen-bond acceptors (Lipinski definition) is 5. The van der Waals surface area contributed by atoms with Crippen molar-refractivity contribution in [1.82, 2.24) is 19.0 Å². The molecule has 8 nitrogen and oxygen atoms in total. The summed E-state index contributed by atoms with van der Waals surface area (Å²) in [4.78, 5) is 31.6. The van der Waals surface area contributed by atoms with Crippen molar-refractivity contribution < 1.29 is 18.5 Å². The maximum atomic E-state index is 14.9. The summed E-state index contributed by atoms with van der Waals surface area (Å²) >= 11 is -1.30. The van der Waals surface area contributed by atoms with Crippen LogP contribution in [-0.2, 0) is 21.8 Å². The van der Waals surface area contributed by atoms with Gasteiger partial charge in [0.15, 0.2) is 5.65 Å². The molecule has 10 heteroatoms.